The second-order valence-corrected chi connectivity index (χ2v) is 9.31. The number of thiophene rings is 2. The van der Waals surface area contributed by atoms with Crippen LogP contribution in [0.3, 0.4) is 0 Å². The summed E-state index contributed by atoms with van der Waals surface area (Å²) >= 11 is 3.22. The molecule has 0 radical (unpaired) electrons. The lowest BCUT2D eigenvalue weighted by Crippen LogP contribution is -2.55. The molecule has 0 N–H and O–H groups in total. The monoisotopic (exact) mass is 399 g/mol. The first-order valence-electron chi connectivity index (χ1n) is 9.16. The second kappa shape index (κ2) is 6.54. The summed E-state index contributed by atoms with van der Waals surface area (Å²) in [6.07, 6.45) is 1.86. The van der Waals surface area contributed by atoms with E-state index in [1.807, 2.05) is 22.4 Å². The van der Waals surface area contributed by atoms with Crippen LogP contribution in [0.4, 0.5) is 0 Å². The Labute approximate surface area is 166 Å². The van der Waals surface area contributed by atoms with Crippen LogP contribution in [0.1, 0.15) is 28.3 Å². The number of amides is 1. The molecular formula is C19H21N5OS2. The van der Waals surface area contributed by atoms with Gasteiger partial charge in [-0.3, -0.25) is 9.69 Å². The standard InChI is InChI=1S/C19H21N5OS2/c1-22-12-16-20-21-17(14-4-2-10-26-14)24(16)19(13-22)6-8-23(9-7-19)18(25)15-5-3-11-27-15/h2-5,10-11H,6-9,12-13H2,1H3. The quantitative estimate of drug-likeness (QED) is 0.664. The van der Waals surface area contributed by atoms with Crippen LogP contribution in [-0.4, -0.2) is 57.2 Å². The van der Waals surface area contributed by atoms with Gasteiger partial charge in [0.2, 0.25) is 0 Å². The van der Waals surface area contributed by atoms with E-state index in [2.05, 4.69) is 44.2 Å². The Bertz CT molecular complexity index is 939. The molecule has 1 fully saturated rings. The van der Waals surface area contributed by atoms with Crippen molar-refractivity contribution in [1.29, 1.82) is 0 Å². The summed E-state index contributed by atoms with van der Waals surface area (Å²) in [6, 6.07) is 8.03. The number of fused-ring (bicyclic) bond motifs is 2. The molecular weight excluding hydrogens is 378 g/mol. The van der Waals surface area contributed by atoms with Crippen LogP contribution in [0.5, 0.6) is 0 Å². The van der Waals surface area contributed by atoms with E-state index < -0.39 is 0 Å². The zero-order valence-corrected chi connectivity index (χ0v) is 16.8. The summed E-state index contributed by atoms with van der Waals surface area (Å²) < 4.78 is 2.38. The Kier molecular flexibility index (Phi) is 4.14. The fraction of sp³-hybridized carbons (Fsp3) is 0.421. The summed E-state index contributed by atoms with van der Waals surface area (Å²) in [5.74, 6) is 2.17. The summed E-state index contributed by atoms with van der Waals surface area (Å²) in [6.45, 7) is 3.33. The van der Waals surface area contributed by atoms with Gasteiger partial charge in [-0.25, -0.2) is 0 Å². The van der Waals surface area contributed by atoms with Crippen molar-refractivity contribution in [3.05, 3.63) is 45.7 Å². The summed E-state index contributed by atoms with van der Waals surface area (Å²) in [7, 11) is 2.15. The maximum absolute atomic E-state index is 12.7. The Morgan fingerprint density at radius 2 is 1.89 bits per heavy atom. The predicted molar refractivity (Wildman–Crippen MR) is 107 cm³/mol. The van der Waals surface area contributed by atoms with Crippen LogP contribution in [-0.2, 0) is 12.1 Å². The van der Waals surface area contributed by atoms with Crippen molar-refractivity contribution in [3.8, 4) is 10.7 Å². The third-order valence-electron chi connectivity index (χ3n) is 5.63. The lowest BCUT2D eigenvalue weighted by atomic mass is 9.84. The summed E-state index contributed by atoms with van der Waals surface area (Å²) in [5, 5.41) is 13.1. The molecule has 27 heavy (non-hydrogen) atoms. The molecule has 3 aromatic heterocycles. The van der Waals surface area contributed by atoms with E-state index in [0.717, 1.165) is 60.4 Å². The van der Waals surface area contributed by atoms with Gasteiger partial charge in [0.1, 0.15) is 5.82 Å². The molecule has 0 unspecified atom stereocenters. The number of nitrogens with zero attached hydrogens (tertiary/aromatic N) is 5. The van der Waals surface area contributed by atoms with E-state index >= 15 is 0 Å². The largest absolute Gasteiger partial charge is 0.338 e. The highest BCUT2D eigenvalue weighted by molar-refractivity contribution is 7.13. The van der Waals surface area contributed by atoms with Gasteiger partial charge in [0.25, 0.3) is 5.91 Å². The Morgan fingerprint density at radius 3 is 2.59 bits per heavy atom. The van der Waals surface area contributed by atoms with Crippen molar-refractivity contribution < 1.29 is 4.79 Å². The van der Waals surface area contributed by atoms with E-state index in [1.165, 1.54) is 11.3 Å². The smallest absolute Gasteiger partial charge is 0.263 e. The lowest BCUT2D eigenvalue weighted by molar-refractivity contribution is 0.0413. The van der Waals surface area contributed by atoms with Gasteiger partial charge in [-0.05, 0) is 42.8 Å². The molecule has 1 amide bonds. The molecule has 0 saturated carbocycles. The summed E-state index contributed by atoms with van der Waals surface area (Å²) in [5.41, 5.74) is -0.0443. The van der Waals surface area contributed by atoms with E-state index in [1.54, 1.807) is 11.3 Å². The number of rotatable bonds is 2. The van der Waals surface area contributed by atoms with Gasteiger partial charge in [-0.2, -0.15) is 0 Å². The van der Waals surface area contributed by atoms with Gasteiger partial charge < -0.3 is 9.47 Å². The number of aromatic nitrogens is 3. The molecule has 0 bridgehead atoms. The van der Waals surface area contributed by atoms with E-state index in [0.29, 0.717) is 0 Å². The number of carbonyl (C=O) groups is 1. The Balaban J connectivity index is 1.46. The average Bonchev–Trinajstić information content (AvgIpc) is 3.42. The number of hydrogen-bond acceptors (Lipinski definition) is 6. The molecule has 2 aliphatic rings. The van der Waals surface area contributed by atoms with Crippen LogP contribution in [0.15, 0.2) is 35.0 Å². The number of piperidine rings is 1. The van der Waals surface area contributed by atoms with Crippen molar-refractivity contribution in [2.24, 2.45) is 0 Å². The Morgan fingerprint density at radius 1 is 1.11 bits per heavy atom. The van der Waals surface area contributed by atoms with Gasteiger partial charge in [0, 0.05) is 19.6 Å². The van der Waals surface area contributed by atoms with Gasteiger partial charge in [-0.15, -0.1) is 32.9 Å². The van der Waals surface area contributed by atoms with Gasteiger partial charge in [-0.1, -0.05) is 12.1 Å². The first kappa shape index (κ1) is 17.1. The zero-order chi connectivity index (χ0) is 18.4. The molecule has 3 aromatic rings. The zero-order valence-electron chi connectivity index (χ0n) is 15.2. The number of carbonyl (C=O) groups excluding carboxylic acids is 1. The average molecular weight is 400 g/mol. The molecule has 2 aliphatic heterocycles. The first-order valence-corrected chi connectivity index (χ1v) is 10.9. The molecule has 6 nitrogen and oxygen atoms in total. The van der Waals surface area contributed by atoms with Crippen molar-refractivity contribution in [3.63, 3.8) is 0 Å². The minimum Gasteiger partial charge on any atom is -0.338 e. The topological polar surface area (TPSA) is 54.3 Å². The molecule has 0 atom stereocenters. The van der Waals surface area contributed by atoms with Crippen molar-refractivity contribution >= 4 is 28.6 Å². The normalized spacial score (nSPS) is 19.4. The minimum absolute atomic E-state index is 0.0443. The molecule has 5 rings (SSSR count). The van der Waals surface area contributed by atoms with Crippen LogP contribution in [0.25, 0.3) is 10.7 Å². The fourth-order valence-electron chi connectivity index (χ4n) is 4.42. The molecule has 0 aromatic carbocycles. The van der Waals surface area contributed by atoms with E-state index in [-0.39, 0.29) is 11.4 Å². The highest BCUT2D eigenvalue weighted by Crippen LogP contribution is 2.40. The maximum Gasteiger partial charge on any atom is 0.263 e. The van der Waals surface area contributed by atoms with Crippen molar-refractivity contribution in [1.82, 2.24) is 24.6 Å². The lowest BCUT2D eigenvalue weighted by Gasteiger charge is -2.48. The number of likely N-dealkylation sites (tertiary alicyclic amines) is 1. The minimum atomic E-state index is -0.0443. The predicted octanol–water partition coefficient (Wildman–Crippen LogP) is 3.15. The van der Waals surface area contributed by atoms with Crippen LogP contribution in [0, 0.1) is 0 Å². The van der Waals surface area contributed by atoms with Crippen molar-refractivity contribution in [2.45, 2.75) is 24.9 Å². The third-order valence-corrected chi connectivity index (χ3v) is 7.36. The SMILES string of the molecule is CN1Cc2nnc(-c3cccs3)n2C2(CCN(C(=O)c3cccs3)CC2)C1. The third kappa shape index (κ3) is 2.83. The number of hydrogen-bond donors (Lipinski definition) is 0. The Hall–Kier alpha value is -2.03. The van der Waals surface area contributed by atoms with Crippen LogP contribution < -0.4 is 0 Å². The van der Waals surface area contributed by atoms with Gasteiger partial charge in [0.05, 0.1) is 21.8 Å². The molecule has 140 valence electrons. The second-order valence-electron chi connectivity index (χ2n) is 7.42. The first-order chi connectivity index (χ1) is 13.2. The van der Waals surface area contributed by atoms with Gasteiger partial charge in [0.15, 0.2) is 5.82 Å². The highest BCUT2D eigenvalue weighted by atomic mass is 32.1. The molecule has 1 saturated heterocycles. The van der Waals surface area contributed by atoms with E-state index in [9.17, 15) is 4.79 Å². The fourth-order valence-corrected chi connectivity index (χ4v) is 5.81. The highest BCUT2D eigenvalue weighted by Gasteiger charge is 2.44. The number of likely N-dealkylation sites (N-methyl/N-ethyl adjacent to an activating group) is 1. The molecule has 8 heteroatoms. The van der Waals surface area contributed by atoms with E-state index in [4.69, 9.17) is 0 Å². The molecule has 1 spiro atoms. The molecule has 0 aliphatic carbocycles. The summed E-state index contributed by atoms with van der Waals surface area (Å²) in [4.78, 5) is 19.1. The van der Waals surface area contributed by atoms with Crippen LogP contribution in [0.2, 0.25) is 0 Å². The maximum atomic E-state index is 12.7. The van der Waals surface area contributed by atoms with Gasteiger partial charge >= 0.3 is 0 Å². The van der Waals surface area contributed by atoms with Crippen molar-refractivity contribution in [2.75, 3.05) is 26.7 Å². The van der Waals surface area contributed by atoms with Crippen LogP contribution >= 0.6 is 22.7 Å². The molecule has 5 heterocycles.